The van der Waals surface area contributed by atoms with Crippen molar-refractivity contribution in [1.82, 2.24) is 4.90 Å². The van der Waals surface area contributed by atoms with Crippen LogP contribution >= 0.6 is 0 Å². The molecule has 0 aromatic heterocycles. The van der Waals surface area contributed by atoms with Crippen LogP contribution in [0.3, 0.4) is 0 Å². The van der Waals surface area contributed by atoms with E-state index in [1.807, 2.05) is 0 Å². The monoisotopic (exact) mass is 395 g/mol. The number of ether oxygens (including phenoxy) is 2. The third-order valence-corrected chi connectivity index (χ3v) is 4.02. The summed E-state index contributed by atoms with van der Waals surface area (Å²) in [5.41, 5.74) is -2.15. The molecule has 0 heterocycles. The lowest BCUT2D eigenvalue weighted by atomic mass is 9.93. The molecule has 0 N–H and O–H groups in total. The zero-order valence-electron chi connectivity index (χ0n) is 18.1. The molecule has 0 saturated heterocycles. The van der Waals surface area contributed by atoms with E-state index >= 15 is 0 Å². The second kappa shape index (κ2) is 9.34. The highest BCUT2D eigenvalue weighted by Gasteiger charge is 2.35. The van der Waals surface area contributed by atoms with Gasteiger partial charge in [-0.1, -0.05) is 19.3 Å². The predicted molar refractivity (Wildman–Crippen MR) is 104 cm³/mol. The second-order valence-corrected chi connectivity index (χ2v) is 9.08. The number of rotatable bonds is 4. The molecule has 1 rings (SSSR count). The van der Waals surface area contributed by atoms with E-state index in [0.717, 1.165) is 30.2 Å². The topological polar surface area (TPSA) is 90.0 Å². The first-order valence-electron chi connectivity index (χ1n) is 9.73. The van der Waals surface area contributed by atoms with Crippen LogP contribution in [-0.2, 0) is 28.7 Å². The highest BCUT2D eigenvalue weighted by Crippen LogP contribution is 2.25. The lowest BCUT2D eigenvalue weighted by Gasteiger charge is -2.32. The Morgan fingerprint density at radius 1 is 0.857 bits per heavy atom. The maximum absolute atomic E-state index is 13.1. The molecule has 1 fully saturated rings. The van der Waals surface area contributed by atoms with Crippen LogP contribution in [0.2, 0.25) is 0 Å². The molecule has 2 amide bonds. The largest absolute Gasteiger partial charge is 0.457 e. The third kappa shape index (κ3) is 7.82. The Kier molecular flexibility index (Phi) is 7.96. The van der Waals surface area contributed by atoms with E-state index in [1.54, 1.807) is 41.5 Å². The summed E-state index contributed by atoms with van der Waals surface area (Å²) >= 11 is 0. The van der Waals surface area contributed by atoms with Crippen molar-refractivity contribution in [3.8, 4) is 0 Å². The molecule has 158 valence electrons. The van der Waals surface area contributed by atoms with Gasteiger partial charge in [0.1, 0.15) is 16.8 Å². The predicted octanol–water partition coefficient (Wildman–Crippen LogP) is 3.30. The van der Waals surface area contributed by atoms with Gasteiger partial charge in [0.2, 0.25) is 5.91 Å². The summed E-state index contributed by atoms with van der Waals surface area (Å²) in [6.07, 6.45) is 5.04. The van der Waals surface area contributed by atoms with Crippen molar-refractivity contribution in [3.05, 3.63) is 11.6 Å². The fraction of sp³-hybridized carbons (Fsp3) is 0.714. The minimum absolute atomic E-state index is 0.289. The van der Waals surface area contributed by atoms with Crippen molar-refractivity contribution in [2.75, 3.05) is 0 Å². The molecule has 1 aliphatic carbocycles. The van der Waals surface area contributed by atoms with Crippen molar-refractivity contribution >= 4 is 23.8 Å². The van der Waals surface area contributed by atoms with Crippen LogP contribution in [-0.4, -0.2) is 45.9 Å². The Bertz CT molecular complexity index is 645. The van der Waals surface area contributed by atoms with Crippen LogP contribution in [0.1, 0.15) is 80.6 Å². The van der Waals surface area contributed by atoms with Gasteiger partial charge in [-0.15, -0.1) is 0 Å². The highest BCUT2D eigenvalue weighted by atomic mass is 16.6. The number of carbonyl (C=O) groups excluding carboxylic acids is 4. The summed E-state index contributed by atoms with van der Waals surface area (Å²) < 4.78 is 10.5. The van der Waals surface area contributed by atoms with E-state index in [4.69, 9.17) is 9.47 Å². The third-order valence-electron chi connectivity index (χ3n) is 4.02. The summed E-state index contributed by atoms with van der Waals surface area (Å²) in [5, 5.41) is 0. The SMILES string of the molecule is CC(=O)N(C(=O)/C(=C\C(=O)OC(C)(C)C)C(=O)OC(C)(C)C)C1CCCCC1. The smallest absolute Gasteiger partial charge is 0.344 e. The summed E-state index contributed by atoms with van der Waals surface area (Å²) in [5.74, 6) is -3.07. The number of hydrogen-bond donors (Lipinski definition) is 0. The normalized spacial score (nSPS) is 16.3. The van der Waals surface area contributed by atoms with E-state index in [9.17, 15) is 19.2 Å². The maximum Gasteiger partial charge on any atom is 0.344 e. The van der Waals surface area contributed by atoms with Gasteiger partial charge in [0.05, 0.1) is 0 Å². The van der Waals surface area contributed by atoms with E-state index in [1.165, 1.54) is 6.92 Å². The van der Waals surface area contributed by atoms with Crippen molar-refractivity contribution in [1.29, 1.82) is 0 Å². The van der Waals surface area contributed by atoms with E-state index in [0.29, 0.717) is 12.8 Å². The van der Waals surface area contributed by atoms with Crippen LogP contribution in [0.25, 0.3) is 0 Å². The van der Waals surface area contributed by atoms with Crippen LogP contribution in [0, 0.1) is 0 Å². The standard InChI is InChI=1S/C21H33NO6/c1-14(23)22(15-11-9-8-10-12-15)18(25)16(19(26)28-21(5,6)7)13-17(24)27-20(2,3)4/h13,15H,8-12H2,1-7H3/b16-13+. The average Bonchev–Trinajstić information content (AvgIpc) is 2.49. The first kappa shape index (κ1) is 23.9. The van der Waals surface area contributed by atoms with Gasteiger partial charge >= 0.3 is 11.9 Å². The van der Waals surface area contributed by atoms with Gasteiger partial charge in [0.25, 0.3) is 5.91 Å². The van der Waals surface area contributed by atoms with E-state index in [2.05, 4.69) is 0 Å². The molecule has 1 aliphatic rings. The van der Waals surface area contributed by atoms with Crippen molar-refractivity contribution in [2.24, 2.45) is 0 Å². The number of nitrogens with zero attached hydrogens (tertiary/aromatic N) is 1. The van der Waals surface area contributed by atoms with E-state index < -0.39 is 40.5 Å². The first-order valence-corrected chi connectivity index (χ1v) is 9.73. The lowest BCUT2D eigenvalue weighted by Crippen LogP contribution is -2.46. The molecular weight excluding hydrogens is 362 g/mol. The molecular formula is C21H33NO6. The van der Waals surface area contributed by atoms with Gasteiger partial charge in [0, 0.05) is 19.0 Å². The minimum Gasteiger partial charge on any atom is -0.457 e. The van der Waals surface area contributed by atoms with Gasteiger partial charge in [-0.05, 0) is 54.4 Å². The van der Waals surface area contributed by atoms with Gasteiger partial charge < -0.3 is 9.47 Å². The summed E-state index contributed by atoms with van der Waals surface area (Å²) in [7, 11) is 0. The molecule has 7 nitrogen and oxygen atoms in total. The van der Waals surface area contributed by atoms with E-state index in [-0.39, 0.29) is 6.04 Å². The molecule has 0 bridgehead atoms. The molecule has 0 unspecified atom stereocenters. The van der Waals surface area contributed by atoms with Crippen LogP contribution in [0.15, 0.2) is 11.6 Å². The average molecular weight is 395 g/mol. The second-order valence-electron chi connectivity index (χ2n) is 9.08. The van der Waals surface area contributed by atoms with Crippen LogP contribution in [0.5, 0.6) is 0 Å². The van der Waals surface area contributed by atoms with Crippen LogP contribution < -0.4 is 0 Å². The molecule has 0 aromatic carbocycles. The molecule has 0 spiro atoms. The quantitative estimate of drug-likeness (QED) is 0.314. The molecule has 0 atom stereocenters. The molecule has 0 radical (unpaired) electrons. The fourth-order valence-corrected chi connectivity index (χ4v) is 3.03. The molecule has 7 heteroatoms. The molecule has 0 aliphatic heterocycles. The Morgan fingerprint density at radius 3 is 1.79 bits per heavy atom. The fourth-order valence-electron chi connectivity index (χ4n) is 3.03. The first-order chi connectivity index (χ1) is 12.7. The van der Waals surface area contributed by atoms with Crippen molar-refractivity contribution < 1.29 is 28.7 Å². The number of amides is 2. The Labute approximate surface area is 167 Å². The number of carbonyl (C=O) groups is 4. The minimum atomic E-state index is -0.953. The number of esters is 2. The van der Waals surface area contributed by atoms with Crippen LogP contribution in [0.4, 0.5) is 0 Å². The number of hydrogen-bond acceptors (Lipinski definition) is 6. The van der Waals surface area contributed by atoms with Crippen molar-refractivity contribution in [3.63, 3.8) is 0 Å². The Hall–Kier alpha value is -2.18. The molecule has 28 heavy (non-hydrogen) atoms. The van der Waals surface area contributed by atoms with Gasteiger partial charge in [-0.3, -0.25) is 14.5 Å². The summed E-state index contributed by atoms with van der Waals surface area (Å²) in [6, 6.07) is -0.289. The lowest BCUT2D eigenvalue weighted by molar-refractivity contribution is -0.156. The van der Waals surface area contributed by atoms with Gasteiger partial charge in [0.15, 0.2) is 0 Å². The zero-order chi connectivity index (χ0) is 21.7. The van der Waals surface area contributed by atoms with Gasteiger partial charge in [-0.25, -0.2) is 9.59 Å². The molecule has 0 aromatic rings. The summed E-state index contributed by atoms with van der Waals surface area (Å²) in [4.78, 5) is 51.3. The highest BCUT2D eigenvalue weighted by molar-refractivity contribution is 6.22. The number of imide groups is 1. The Balaban J connectivity index is 3.26. The maximum atomic E-state index is 13.1. The Morgan fingerprint density at radius 2 is 1.36 bits per heavy atom. The molecule has 1 saturated carbocycles. The van der Waals surface area contributed by atoms with Crippen molar-refractivity contribution in [2.45, 2.75) is 97.8 Å². The summed E-state index contributed by atoms with van der Waals surface area (Å²) in [6.45, 7) is 11.3. The van der Waals surface area contributed by atoms with Gasteiger partial charge in [-0.2, -0.15) is 0 Å². The zero-order valence-corrected chi connectivity index (χ0v) is 18.1.